The molecule has 0 spiro atoms. The maximum atomic E-state index is 13.5. The second kappa shape index (κ2) is 10.9. The minimum atomic E-state index is -4.02. The van der Waals surface area contributed by atoms with Gasteiger partial charge in [-0.1, -0.05) is 30.7 Å². The number of carbonyl (C=O) groups excluding carboxylic acids is 1. The Morgan fingerprint density at radius 2 is 2.27 bits per heavy atom. The Labute approximate surface area is 196 Å². The molecule has 11 nitrogen and oxygen atoms in total. The van der Waals surface area contributed by atoms with Gasteiger partial charge in [0.2, 0.25) is 0 Å². The topological polar surface area (TPSA) is 144 Å². The Morgan fingerprint density at radius 1 is 1.52 bits per heavy atom. The van der Waals surface area contributed by atoms with Gasteiger partial charge < -0.3 is 15.2 Å². The normalized spacial score (nSPS) is 27.6. The summed E-state index contributed by atoms with van der Waals surface area (Å²) in [6.45, 7) is 3.29. The number of nitrogens with two attached hydrogens (primary N) is 1. The molecule has 1 aromatic heterocycles. The molecule has 1 saturated heterocycles. The fourth-order valence-corrected chi connectivity index (χ4v) is 5.52. The summed E-state index contributed by atoms with van der Waals surface area (Å²) in [5.74, 6) is -0.561. The molecule has 6 atom stereocenters. The van der Waals surface area contributed by atoms with Gasteiger partial charge in [-0.3, -0.25) is 18.4 Å². The predicted octanol–water partition coefficient (Wildman–Crippen LogP) is 2.49. The van der Waals surface area contributed by atoms with Crippen LogP contribution in [-0.4, -0.2) is 47.5 Å². The number of hydrogen-bond acceptors (Lipinski definition) is 9. The van der Waals surface area contributed by atoms with Gasteiger partial charge in [0, 0.05) is 17.1 Å². The van der Waals surface area contributed by atoms with Gasteiger partial charge in [-0.2, -0.15) is 4.98 Å². The van der Waals surface area contributed by atoms with Gasteiger partial charge in [-0.15, -0.1) is 0 Å². The van der Waals surface area contributed by atoms with Crippen LogP contribution >= 0.6 is 19.3 Å². The highest BCUT2D eigenvalue weighted by molar-refractivity contribution is 7.51. The largest absolute Gasteiger partial charge is 0.468 e. The highest BCUT2D eigenvalue weighted by atomic mass is 35.5. The van der Waals surface area contributed by atoms with Crippen molar-refractivity contribution in [3.63, 3.8) is 0 Å². The molecule has 0 radical (unpaired) electrons. The summed E-state index contributed by atoms with van der Waals surface area (Å²) in [5.41, 5.74) is 5.03. The first kappa shape index (κ1) is 25.6. The van der Waals surface area contributed by atoms with Crippen LogP contribution in [0.1, 0.15) is 32.9 Å². The first-order chi connectivity index (χ1) is 15.6. The van der Waals surface area contributed by atoms with E-state index >= 15 is 0 Å². The van der Waals surface area contributed by atoms with Crippen LogP contribution in [0.25, 0.3) is 0 Å². The summed E-state index contributed by atoms with van der Waals surface area (Å²) in [4.78, 5) is 27.8. The molecule has 2 aliphatic rings. The van der Waals surface area contributed by atoms with Gasteiger partial charge in [0.25, 0.3) is 0 Å². The highest BCUT2D eigenvalue weighted by Crippen LogP contribution is 2.49. The lowest BCUT2D eigenvalue weighted by Gasteiger charge is -2.27. The van der Waals surface area contributed by atoms with Crippen LogP contribution in [0.3, 0.4) is 0 Å². The van der Waals surface area contributed by atoms with Crippen LogP contribution in [0.15, 0.2) is 40.3 Å². The number of carbonyl (C=O) groups is 1. The summed E-state index contributed by atoms with van der Waals surface area (Å²) in [6.07, 6.45) is 5.89. The number of rotatable bonds is 9. The smallest absolute Gasteiger partial charge is 0.406 e. The molecule has 0 aromatic carbocycles. The first-order valence-corrected chi connectivity index (χ1v) is 12.3. The molecule has 1 aromatic rings. The van der Waals surface area contributed by atoms with E-state index in [9.17, 15) is 14.2 Å². The zero-order chi connectivity index (χ0) is 24.2. The number of nitrogen functional groups attached to an aromatic ring is 1. The molecule has 3 N–H and O–H groups in total. The minimum Gasteiger partial charge on any atom is -0.468 e. The van der Waals surface area contributed by atoms with E-state index in [1.165, 1.54) is 30.9 Å². The standard InChI is InChI=1S/C20H28ClN4O7P/c1-12-10-14(31-18(12)25-9-8-17(22)23-20(25)27)11-30-33(28,24-13(2)19(26)29-3)32-16-7-5-4-6-15(16)21/h4-6,8-9,12-14,16,18H,7,10-11H2,1-3H3,(H,24,28)(H2,22,23,27). The van der Waals surface area contributed by atoms with Crippen molar-refractivity contribution < 1.29 is 27.9 Å². The average Bonchev–Trinajstić information content (AvgIpc) is 3.13. The minimum absolute atomic E-state index is 0.0511. The van der Waals surface area contributed by atoms with Crippen LogP contribution in [0.5, 0.6) is 0 Å². The number of anilines is 1. The number of allylic oxidation sites excluding steroid dienone is 2. The van der Waals surface area contributed by atoms with Crippen LogP contribution in [-0.2, 0) is 27.9 Å². The van der Waals surface area contributed by atoms with Crippen LogP contribution in [0.2, 0.25) is 0 Å². The van der Waals surface area contributed by atoms with E-state index in [1.54, 1.807) is 12.2 Å². The maximum Gasteiger partial charge on any atom is 0.406 e. The van der Waals surface area contributed by atoms with Crippen molar-refractivity contribution in [2.75, 3.05) is 19.5 Å². The summed E-state index contributed by atoms with van der Waals surface area (Å²) < 4.78 is 36.9. The molecule has 33 heavy (non-hydrogen) atoms. The zero-order valence-corrected chi connectivity index (χ0v) is 20.2. The Kier molecular flexibility index (Phi) is 8.49. The fourth-order valence-electron chi connectivity index (χ4n) is 3.57. The van der Waals surface area contributed by atoms with Crippen molar-refractivity contribution in [2.24, 2.45) is 5.92 Å². The van der Waals surface area contributed by atoms with Gasteiger partial charge in [0.1, 0.15) is 24.2 Å². The molecule has 0 bridgehead atoms. The number of esters is 1. The third-order valence-corrected chi connectivity index (χ3v) is 7.33. The molecule has 1 fully saturated rings. The molecule has 1 aliphatic carbocycles. The van der Waals surface area contributed by atoms with Gasteiger partial charge in [0.15, 0.2) is 0 Å². The number of nitrogens with one attached hydrogen (secondary N) is 1. The van der Waals surface area contributed by atoms with E-state index in [0.717, 1.165) is 0 Å². The van der Waals surface area contributed by atoms with E-state index in [2.05, 4.69) is 14.8 Å². The summed E-state index contributed by atoms with van der Waals surface area (Å²) >= 11 is 6.19. The summed E-state index contributed by atoms with van der Waals surface area (Å²) in [5, 5.41) is 2.95. The van der Waals surface area contributed by atoms with E-state index in [4.69, 9.17) is 31.1 Å². The van der Waals surface area contributed by atoms with E-state index in [-0.39, 0.29) is 18.3 Å². The molecule has 0 amide bonds. The number of hydrogen-bond donors (Lipinski definition) is 2. The molecule has 0 saturated carbocycles. The number of nitrogens with zero attached hydrogens (tertiary/aromatic N) is 2. The van der Waals surface area contributed by atoms with E-state index < -0.39 is 43.9 Å². The van der Waals surface area contributed by atoms with E-state index in [0.29, 0.717) is 17.9 Å². The lowest BCUT2D eigenvalue weighted by atomic mass is 10.1. The molecule has 3 rings (SSSR count). The second-order valence-corrected chi connectivity index (χ2v) is 10.0. The average molecular weight is 503 g/mol. The monoisotopic (exact) mass is 502 g/mol. The molecule has 1 aliphatic heterocycles. The predicted molar refractivity (Wildman–Crippen MR) is 121 cm³/mol. The van der Waals surface area contributed by atoms with Gasteiger partial charge in [-0.05, 0) is 31.9 Å². The lowest BCUT2D eigenvalue weighted by Crippen LogP contribution is -2.35. The molecule has 6 unspecified atom stereocenters. The molecule has 13 heteroatoms. The second-order valence-electron chi connectivity index (χ2n) is 7.88. The Hall–Kier alpha value is -2.01. The Bertz CT molecular complexity index is 1030. The third-order valence-electron chi connectivity index (χ3n) is 5.23. The highest BCUT2D eigenvalue weighted by Gasteiger charge is 2.39. The van der Waals surface area contributed by atoms with Crippen LogP contribution in [0, 0.1) is 5.92 Å². The van der Waals surface area contributed by atoms with Crippen molar-refractivity contribution in [3.8, 4) is 0 Å². The Balaban J connectivity index is 1.70. The van der Waals surface area contributed by atoms with Crippen molar-refractivity contribution in [3.05, 3.63) is 46.0 Å². The number of ether oxygens (including phenoxy) is 2. The van der Waals surface area contributed by atoms with Crippen LogP contribution in [0.4, 0.5) is 5.82 Å². The quantitative estimate of drug-likeness (QED) is 0.381. The molecular weight excluding hydrogens is 475 g/mol. The molecular formula is C20H28ClN4O7P. The number of aromatic nitrogens is 2. The van der Waals surface area contributed by atoms with Gasteiger partial charge >= 0.3 is 19.4 Å². The Morgan fingerprint density at radius 3 is 2.94 bits per heavy atom. The van der Waals surface area contributed by atoms with E-state index in [1.807, 2.05) is 13.0 Å². The van der Waals surface area contributed by atoms with Gasteiger partial charge in [0.05, 0.1) is 19.8 Å². The van der Waals surface area contributed by atoms with Crippen molar-refractivity contribution >= 4 is 31.1 Å². The summed E-state index contributed by atoms with van der Waals surface area (Å²) in [7, 11) is -2.79. The van der Waals surface area contributed by atoms with Gasteiger partial charge in [-0.25, -0.2) is 14.4 Å². The molecule has 2 heterocycles. The first-order valence-electron chi connectivity index (χ1n) is 10.4. The zero-order valence-electron chi connectivity index (χ0n) is 18.5. The number of methoxy groups -OCH3 is 1. The fraction of sp³-hybridized carbons (Fsp3) is 0.550. The molecule has 182 valence electrons. The third kappa shape index (κ3) is 6.53. The van der Waals surface area contributed by atoms with Crippen molar-refractivity contribution in [1.29, 1.82) is 0 Å². The SMILES string of the molecule is COC(=O)C(C)NP(=O)(OCC1CC(C)C(n2ccc(N)nc2=O)O1)OC1CC=CC=C1Cl. The van der Waals surface area contributed by atoms with Crippen molar-refractivity contribution in [2.45, 2.75) is 51.2 Å². The van der Waals surface area contributed by atoms with Crippen molar-refractivity contribution in [1.82, 2.24) is 14.6 Å². The van der Waals surface area contributed by atoms with Crippen LogP contribution < -0.4 is 16.5 Å². The lowest BCUT2D eigenvalue weighted by molar-refractivity contribution is -0.142. The summed E-state index contributed by atoms with van der Waals surface area (Å²) in [6, 6.07) is 0.551. The number of halogens is 1. The maximum absolute atomic E-state index is 13.5.